The summed E-state index contributed by atoms with van der Waals surface area (Å²) in [6.45, 7) is 6.32. The molecule has 0 saturated carbocycles. The van der Waals surface area contributed by atoms with E-state index in [2.05, 4.69) is 10.3 Å². The van der Waals surface area contributed by atoms with Gasteiger partial charge in [-0.25, -0.2) is 4.98 Å². The first-order chi connectivity index (χ1) is 9.40. The van der Waals surface area contributed by atoms with Crippen molar-refractivity contribution in [3.05, 3.63) is 10.0 Å². The fraction of sp³-hybridized carbons (Fsp3) is 0.615. The molecule has 0 spiro atoms. The Hall–Kier alpha value is -1.14. The fourth-order valence-electron chi connectivity index (χ4n) is 2.38. The maximum Gasteiger partial charge on any atom is 0.249 e. The van der Waals surface area contributed by atoms with Crippen molar-refractivity contribution >= 4 is 39.9 Å². The standard InChI is InChI=1S/C13H18ClN3O2S/c1-7(2)10(17-6-4-5-9(17)18)12(19)16-13-15-8(3)11(14)20-13/h7,10H,4-6H2,1-3H3,(H,15,16,19). The van der Waals surface area contributed by atoms with E-state index in [4.69, 9.17) is 11.6 Å². The maximum absolute atomic E-state index is 12.4. The Morgan fingerprint density at radius 2 is 2.20 bits per heavy atom. The van der Waals surface area contributed by atoms with E-state index in [1.54, 1.807) is 11.8 Å². The van der Waals surface area contributed by atoms with E-state index in [0.29, 0.717) is 28.1 Å². The van der Waals surface area contributed by atoms with Crippen LogP contribution in [0.15, 0.2) is 0 Å². The first-order valence-corrected chi connectivity index (χ1v) is 7.83. The SMILES string of the molecule is Cc1nc(NC(=O)C(C(C)C)N2CCCC2=O)sc1Cl. The van der Waals surface area contributed by atoms with Crippen LogP contribution in [0, 0.1) is 12.8 Å². The van der Waals surface area contributed by atoms with E-state index >= 15 is 0 Å². The molecule has 0 radical (unpaired) electrons. The molecule has 1 saturated heterocycles. The highest BCUT2D eigenvalue weighted by Crippen LogP contribution is 2.28. The molecular formula is C13H18ClN3O2S. The smallest absolute Gasteiger partial charge is 0.249 e. The summed E-state index contributed by atoms with van der Waals surface area (Å²) in [6, 6.07) is -0.451. The van der Waals surface area contributed by atoms with Crippen LogP contribution >= 0.6 is 22.9 Å². The number of likely N-dealkylation sites (tertiary alicyclic amines) is 1. The van der Waals surface area contributed by atoms with Gasteiger partial charge in [-0.3, -0.25) is 9.59 Å². The summed E-state index contributed by atoms with van der Waals surface area (Å²) in [5.74, 6) is -0.0959. The molecule has 7 heteroatoms. The molecule has 2 amide bonds. The minimum absolute atomic E-state index is 0.0483. The van der Waals surface area contributed by atoms with Crippen LogP contribution < -0.4 is 5.32 Å². The van der Waals surface area contributed by atoms with Crippen LogP contribution in [0.3, 0.4) is 0 Å². The fourth-order valence-corrected chi connectivity index (χ4v) is 3.34. The van der Waals surface area contributed by atoms with E-state index in [9.17, 15) is 9.59 Å². The number of nitrogens with zero attached hydrogens (tertiary/aromatic N) is 2. The monoisotopic (exact) mass is 315 g/mol. The lowest BCUT2D eigenvalue weighted by atomic mass is 10.0. The van der Waals surface area contributed by atoms with Gasteiger partial charge in [0, 0.05) is 13.0 Å². The number of aromatic nitrogens is 1. The number of nitrogens with one attached hydrogen (secondary N) is 1. The quantitative estimate of drug-likeness (QED) is 0.929. The molecule has 1 aliphatic rings. The third-order valence-electron chi connectivity index (χ3n) is 3.32. The largest absolute Gasteiger partial charge is 0.330 e. The zero-order chi connectivity index (χ0) is 14.9. The number of hydrogen-bond donors (Lipinski definition) is 1. The molecule has 110 valence electrons. The van der Waals surface area contributed by atoms with E-state index in [1.165, 1.54) is 11.3 Å². The van der Waals surface area contributed by atoms with Gasteiger partial charge in [0.15, 0.2) is 5.13 Å². The number of hydrogen-bond acceptors (Lipinski definition) is 4. The van der Waals surface area contributed by atoms with Gasteiger partial charge in [-0.05, 0) is 19.3 Å². The van der Waals surface area contributed by atoms with Crippen LogP contribution in [-0.2, 0) is 9.59 Å². The molecule has 2 rings (SSSR count). The van der Waals surface area contributed by atoms with E-state index in [1.807, 2.05) is 13.8 Å². The molecule has 5 nitrogen and oxygen atoms in total. The minimum Gasteiger partial charge on any atom is -0.330 e. The second kappa shape index (κ2) is 6.10. The number of halogens is 1. The highest BCUT2D eigenvalue weighted by molar-refractivity contribution is 7.19. The Bertz CT molecular complexity index is 510. The van der Waals surface area contributed by atoms with Crippen LogP contribution in [0.5, 0.6) is 0 Å². The number of rotatable bonds is 4. The number of thiazole rings is 1. The van der Waals surface area contributed by atoms with E-state index in [-0.39, 0.29) is 17.7 Å². The molecule has 0 aliphatic carbocycles. The Morgan fingerprint density at radius 1 is 1.50 bits per heavy atom. The van der Waals surface area contributed by atoms with Gasteiger partial charge in [0.2, 0.25) is 11.8 Å². The van der Waals surface area contributed by atoms with Crippen LogP contribution in [0.25, 0.3) is 0 Å². The van der Waals surface area contributed by atoms with Crippen molar-refractivity contribution in [3.63, 3.8) is 0 Å². The van der Waals surface area contributed by atoms with Crippen LogP contribution in [0.4, 0.5) is 5.13 Å². The zero-order valence-electron chi connectivity index (χ0n) is 11.8. The Balaban J connectivity index is 2.13. The minimum atomic E-state index is -0.451. The van der Waals surface area contributed by atoms with Gasteiger partial charge in [0.25, 0.3) is 0 Å². The summed E-state index contributed by atoms with van der Waals surface area (Å²) in [7, 11) is 0. The molecule has 1 fully saturated rings. The van der Waals surface area contributed by atoms with Crippen LogP contribution in [0.1, 0.15) is 32.4 Å². The van der Waals surface area contributed by atoms with Gasteiger partial charge < -0.3 is 10.2 Å². The Labute approximate surface area is 127 Å². The average Bonchev–Trinajstić information content (AvgIpc) is 2.87. The van der Waals surface area contributed by atoms with Gasteiger partial charge >= 0.3 is 0 Å². The lowest BCUT2D eigenvalue weighted by molar-refractivity contribution is -0.136. The number of amides is 2. The predicted molar refractivity (Wildman–Crippen MR) is 80.1 cm³/mol. The van der Waals surface area contributed by atoms with Gasteiger partial charge in [-0.15, -0.1) is 0 Å². The topological polar surface area (TPSA) is 62.3 Å². The summed E-state index contributed by atoms with van der Waals surface area (Å²) >= 11 is 7.18. The summed E-state index contributed by atoms with van der Waals surface area (Å²) < 4.78 is 0.568. The number of carbonyl (C=O) groups is 2. The first-order valence-electron chi connectivity index (χ1n) is 6.63. The lowest BCUT2D eigenvalue weighted by Gasteiger charge is -2.29. The van der Waals surface area contributed by atoms with Gasteiger partial charge in [-0.1, -0.05) is 36.8 Å². The maximum atomic E-state index is 12.4. The third kappa shape index (κ3) is 3.12. The number of anilines is 1. The summed E-state index contributed by atoms with van der Waals surface area (Å²) in [5.41, 5.74) is 0.699. The van der Waals surface area contributed by atoms with Crippen molar-refractivity contribution in [1.29, 1.82) is 0 Å². The molecule has 1 aromatic rings. The molecule has 2 heterocycles. The Kier molecular flexibility index (Phi) is 4.65. The van der Waals surface area contributed by atoms with Crippen molar-refractivity contribution in [3.8, 4) is 0 Å². The molecule has 0 aromatic carbocycles. The van der Waals surface area contributed by atoms with Gasteiger partial charge in [0.1, 0.15) is 10.4 Å². The zero-order valence-corrected chi connectivity index (χ0v) is 13.3. The van der Waals surface area contributed by atoms with E-state index < -0.39 is 6.04 Å². The molecule has 1 atom stereocenters. The number of carbonyl (C=O) groups excluding carboxylic acids is 2. The molecule has 0 bridgehead atoms. The molecule has 1 N–H and O–H groups in total. The second-order valence-corrected chi connectivity index (χ2v) is 6.85. The molecule has 1 aromatic heterocycles. The predicted octanol–water partition coefficient (Wildman–Crippen LogP) is 2.69. The van der Waals surface area contributed by atoms with E-state index in [0.717, 1.165) is 6.42 Å². The summed E-state index contributed by atoms with van der Waals surface area (Å²) in [5, 5.41) is 3.25. The van der Waals surface area contributed by atoms with Crippen molar-refractivity contribution in [2.45, 2.75) is 39.7 Å². The average molecular weight is 316 g/mol. The highest BCUT2D eigenvalue weighted by Gasteiger charge is 2.35. The number of aryl methyl sites for hydroxylation is 1. The van der Waals surface area contributed by atoms with Crippen molar-refractivity contribution in [2.24, 2.45) is 5.92 Å². The lowest BCUT2D eigenvalue weighted by Crippen LogP contribution is -2.47. The summed E-state index contributed by atoms with van der Waals surface area (Å²) in [4.78, 5) is 30.1. The van der Waals surface area contributed by atoms with Crippen molar-refractivity contribution in [1.82, 2.24) is 9.88 Å². The van der Waals surface area contributed by atoms with Crippen LogP contribution in [-0.4, -0.2) is 34.3 Å². The summed E-state index contributed by atoms with van der Waals surface area (Å²) in [6.07, 6.45) is 1.34. The Morgan fingerprint density at radius 3 is 2.65 bits per heavy atom. The van der Waals surface area contributed by atoms with Crippen molar-refractivity contribution in [2.75, 3.05) is 11.9 Å². The molecular weight excluding hydrogens is 298 g/mol. The molecule has 1 aliphatic heterocycles. The van der Waals surface area contributed by atoms with Gasteiger partial charge in [0.05, 0.1) is 5.69 Å². The first kappa shape index (κ1) is 15.3. The molecule has 20 heavy (non-hydrogen) atoms. The second-order valence-electron chi connectivity index (χ2n) is 5.25. The third-order valence-corrected chi connectivity index (χ3v) is 4.68. The molecule has 1 unspecified atom stereocenters. The van der Waals surface area contributed by atoms with Crippen molar-refractivity contribution < 1.29 is 9.59 Å². The normalized spacial score (nSPS) is 16.9. The highest BCUT2D eigenvalue weighted by atomic mass is 35.5. The van der Waals surface area contributed by atoms with Crippen LogP contribution in [0.2, 0.25) is 4.34 Å². The van der Waals surface area contributed by atoms with Gasteiger partial charge in [-0.2, -0.15) is 0 Å².